The fourth-order valence-electron chi connectivity index (χ4n) is 5.04. The number of carbonyl (C=O) groups excluding carboxylic acids is 1. The van der Waals surface area contributed by atoms with Gasteiger partial charge in [0.2, 0.25) is 5.91 Å². The Hall–Kier alpha value is -2.12. The van der Waals surface area contributed by atoms with Crippen molar-refractivity contribution in [3.05, 3.63) is 51.9 Å². The number of rotatable bonds is 7. The molecule has 2 heterocycles. The third kappa shape index (κ3) is 5.19. The van der Waals surface area contributed by atoms with Gasteiger partial charge in [-0.05, 0) is 37.8 Å². The smallest absolute Gasteiger partial charge is 0.264 e. The lowest BCUT2D eigenvalue weighted by Gasteiger charge is -2.30. The van der Waals surface area contributed by atoms with E-state index < -0.39 is 0 Å². The van der Waals surface area contributed by atoms with Crippen molar-refractivity contribution in [2.24, 2.45) is 0 Å². The largest absolute Gasteiger partial charge is 0.338 e. The number of carbonyl (C=O) groups is 1. The average Bonchev–Trinajstić information content (AvgIpc) is 2.82. The van der Waals surface area contributed by atoms with Gasteiger partial charge in [0, 0.05) is 37.2 Å². The molecule has 2 aliphatic carbocycles. The fourth-order valence-corrected chi connectivity index (χ4v) is 6.36. The van der Waals surface area contributed by atoms with Crippen LogP contribution in [0.5, 0.6) is 0 Å². The van der Waals surface area contributed by atoms with E-state index in [0.29, 0.717) is 42.8 Å². The average molecular weight is 467 g/mol. The monoisotopic (exact) mass is 466 g/mol. The molecule has 1 aromatic heterocycles. The molecule has 0 saturated heterocycles. The Labute approximate surface area is 200 Å². The maximum Gasteiger partial charge on any atom is 0.264 e. The summed E-state index contributed by atoms with van der Waals surface area (Å²) in [5.41, 5.74) is 2.38. The topological polar surface area (TPSA) is 67.2 Å². The maximum absolute atomic E-state index is 13.7. The SMILES string of the molecule is O=C(CCNC1CCCCC1)N1CCc2nc(SC3CCC3)n(-c3ccccc3)c(=O)c2C1. The first-order valence-corrected chi connectivity index (χ1v) is 13.4. The summed E-state index contributed by atoms with van der Waals surface area (Å²) >= 11 is 1.73. The molecule has 5 rings (SSSR count). The van der Waals surface area contributed by atoms with Crippen LogP contribution in [0.2, 0.25) is 0 Å². The number of aromatic nitrogens is 2. The molecule has 33 heavy (non-hydrogen) atoms. The fraction of sp³-hybridized carbons (Fsp3) is 0.577. The van der Waals surface area contributed by atoms with Gasteiger partial charge >= 0.3 is 0 Å². The van der Waals surface area contributed by atoms with Crippen LogP contribution in [0.1, 0.15) is 69.0 Å². The Morgan fingerprint density at radius 1 is 1.06 bits per heavy atom. The summed E-state index contributed by atoms with van der Waals surface area (Å²) < 4.78 is 1.76. The Morgan fingerprint density at radius 2 is 1.85 bits per heavy atom. The van der Waals surface area contributed by atoms with Crippen LogP contribution >= 0.6 is 11.8 Å². The van der Waals surface area contributed by atoms with Crippen LogP contribution < -0.4 is 10.9 Å². The third-order valence-corrected chi connectivity index (χ3v) is 8.56. The van der Waals surface area contributed by atoms with Crippen molar-refractivity contribution < 1.29 is 4.79 Å². The van der Waals surface area contributed by atoms with Crippen LogP contribution in [0.15, 0.2) is 40.3 Å². The van der Waals surface area contributed by atoms with Gasteiger partial charge in [0.1, 0.15) is 0 Å². The zero-order valence-electron chi connectivity index (χ0n) is 19.3. The number of hydrogen-bond acceptors (Lipinski definition) is 5. The van der Waals surface area contributed by atoms with Crippen molar-refractivity contribution in [1.82, 2.24) is 19.8 Å². The van der Waals surface area contributed by atoms with Crippen molar-refractivity contribution >= 4 is 17.7 Å². The normalized spacial score (nSPS) is 19.2. The second kappa shape index (κ2) is 10.4. The molecule has 7 heteroatoms. The molecule has 1 aromatic carbocycles. The van der Waals surface area contributed by atoms with Gasteiger partial charge in [-0.25, -0.2) is 4.98 Å². The second-order valence-electron chi connectivity index (χ2n) is 9.57. The molecule has 0 atom stereocenters. The van der Waals surface area contributed by atoms with E-state index in [-0.39, 0.29) is 11.5 Å². The van der Waals surface area contributed by atoms with Crippen LogP contribution in [0.25, 0.3) is 5.69 Å². The van der Waals surface area contributed by atoms with E-state index in [0.717, 1.165) is 23.1 Å². The molecule has 0 radical (unpaired) electrons. The van der Waals surface area contributed by atoms with E-state index >= 15 is 0 Å². The Kier molecular flexibility index (Phi) is 7.16. The van der Waals surface area contributed by atoms with Gasteiger partial charge in [0.25, 0.3) is 5.56 Å². The number of hydrogen-bond donors (Lipinski definition) is 1. The molecule has 2 aromatic rings. The number of benzene rings is 1. The lowest BCUT2D eigenvalue weighted by atomic mass is 9.95. The third-order valence-electron chi connectivity index (χ3n) is 7.27. The quantitative estimate of drug-likeness (QED) is 0.623. The number of nitrogens with one attached hydrogen (secondary N) is 1. The summed E-state index contributed by atoms with van der Waals surface area (Å²) in [7, 11) is 0. The number of thioether (sulfide) groups is 1. The molecule has 3 aliphatic rings. The lowest BCUT2D eigenvalue weighted by Crippen LogP contribution is -2.42. The standard InChI is InChI=1S/C26H34N4O2S/c31-24(14-16-27-19-8-3-1-4-9-19)29-17-15-23-22(18-29)25(32)30(20-10-5-2-6-11-20)26(28-23)33-21-12-7-13-21/h2,5-6,10-11,19,21,27H,1,3-4,7-9,12-18H2. The highest BCUT2D eigenvalue weighted by Gasteiger charge is 2.28. The Morgan fingerprint density at radius 3 is 2.58 bits per heavy atom. The second-order valence-corrected chi connectivity index (χ2v) is 10.8. The lowest BCUT2D eigenvalue weighted by molar-refractivity contribution is -0.132. The van der Waals surface area contributed by atoms with Crippen LogP contribution in [0.4, 0.5) is 0 Å². The minimum absolute atomic E-state index is 0.0224. The van der Waals surface area contributed by atoms with E-state index in [4.69, 9.17) is 4.98 Å². The number of nitrogens with zero attached hydrogens (tertiary/aromatic N) is 3. The first-order chi connectivity index (χ1) is 16.2. The number of fused-ring (bicyclic) bond motifs is 1. The zero-order valence-corrected chi connectivity index (χ0v) is 20.1. The van der Waals surface area contributed by atoms with Crippen molar-refractivity contribution in [2.75, 3.05) is 13.1 Å². The molecule has 0 bridgehead atoms. The van der Waals surface area contributed by atoms with Crippen molar-refractivity contribution in [3.63, 3.8) is 0 Å². The van der Waals surface area contributed by atoms with Crippen LogP contribution in [0.3, 0.4) is 0 Å². The molecule has 0 unspecified atom stereocenters. The van der Waals surface area contributed by atoms with Gasteiger partial charge in [0.15, 0.2) is 5.16 Å². The highest BCUT2D eigenvalue weighted by atomic mass is 32.2. The Balaban J connectivity index is 1.32. The zero-order chi connectivity index (χ0) is 22.6. The van der Waals surface area contributed by atoms with Crippen LogP contribution in [-0.4, -0.2) is 44.7 Å². The van der Waals surface area contributed by atoms with Crippen LogP contribution in [0, 0.1) is 0 Å². The minimum atomic E-state index is -0.0224. The van der Waals surface area contributed by atoms with Crippen molar-refractivity contribution in [3.8, 4) is 5.69 Å². The summed E-state index contributed by atoms with van der Waals surface area (Å²) in [6.45, 7) is 1.73. The predicted molar refractivity (Wildman–Crippen MR) is 132 cm³/mol. The van der Waals surface area contributed by atoms with Gasteiger partial charge in [-0.2, -0.15) is 0 Å². The minimum Gasteiger partial charge on any atom is -0.338 e. The van der Waals surface area contributed by atoms with E-state index in [1.165, 1.54) is 51.4 Å². The molecule has 6 nitrogen and oxygen atoms in total. The molecule has 2 saturated carbocycles. The molecule has 1 aliphatic heterocycles. The molecule has 2 fully saturated rings. The van der Waals surface area contributed by atoms with E-state index in [1.54, 1.807) is 16.3 Å². The molecule has 1 amide bonds. The van der Waals surface area contributed by atoms with Crippen molar-refractivity contribution in [1.29, 1.82) is 0 Å². The Bertz CT molecular complexity index is 1030. The van der Waals surface area contributed by atoms with E-state index in [1.807, 2.05) is 35.2 Å². The van der Waals surface area contributed by atoms with E-state index in [2.05, 4.69) is 5.32 Å². The van der Waals surface area contributed by atoms with Gasteiger partial charge in [0.05, 0.1) is 23.5 Å². The van der Waals surface area contributed by atoms with Gasteiger partial charge < -0.3 is 10.2 Å². The van der Waals surface area contributed by atoms with E-state index in [9.17, 15) is 9.59 Å². The summed E-state index contributed by atoms with van der Waals surface area (Å²) in [6.07, 6.45) is 11.1. The summed E-state index contributed by atoms with van der Waals surface area (Å²) in [4.78, 5) is 33.4. The van der Waals surface area contributed by atoms with Crippen molar-refractivity contribution in [2.45, 2.75) is 87.2 Å². The number of para-hydroxylation sites is 1. The summed E-state index contributed by atoms with van der Waals surface area (Å²) in [5.74, 6) is 0.127. The maximum atomic E-state index is 13.7. The summed E-state index contributed by atoms with van der Waals surface area (Å²) in [5, 5.41) is 4.90. The first kappa shape index (κ1) is 22.7. The molecule has 1 N–H and O–H groups in total. The highest BCUT2D eigenvalue weighted by molar-refractivity contribution is 7.99. The highest BCUT2D eigenvalue weighted by Crippen LogP contribution is 2.36. The summed E-state index contributed by atoms with van der Waals surface area (Å²) in [6, 6.07) is 10.3. The van der Waals surface area contributed by atoms with Crippen LogP contribution in [-0.2, 0) is 17.8 Å². The molecule has 0 spiro atoms. The number of amides is 1. The molecular formula is C26H34N4O2S. The van der Waals surface area contributed by atoms with Gasteiger partial charge in [-0.15, -0.1) is 0 Å². The predicted octanol–water partition coefficient (Wildman–Crippen LogP) is 4.07. The first-order valence-electron chi connectivity index (χ1n) is 12.6. The molecular weight excluding hydrogens is 432 g/mol. The van der Waals surface area contributed by atoms with Gasteiger partial charge in [-0.1, -0.05) is 55.6 Å². The van der Waals surface area contributed by atoms with Gasteiger partial charge in [-0.3, -0.25) is 14.2 Å². The molecule has 176 valence electrons.